The second kappa shape index (κ2) is 7.63. The van der Waals surface area contributed by atoms with Gasteiger partial charge >= 0.3 is 6.03 Å². The molecule has 0 radical (unpaired) electrons. The molecule has 0 saturated carbocycles. The maximum Gasteiger partial charge on any atom is 0.319 e. The van der Waals surface area contributed by atoms with Gasteiger partial charge < -0.3 is 16.0 Å². The van der Waals surface area contributed by atoms with Gasteiger partial charge in [-0.15, -0.1) is 0 Å². The summed E-state index contributed by atoms with van der Waals surface area (Å²) in [6.07, 6.45) is 3.08. The third-order valence-electron chi connectivity index (χ3n) is 2.53. The summed E-state index contributed by atoms with van der Waals surface area (Å²) in [5, 5.41) is 8.33. The van der Waals surface area contributed by atoms with Crippen molar-refractivity contribution in [3.63, 3.8) is 0 Å². The zero-order valence-corrected chi connectivity index (χ0v) is 12.8. The SMILES string of the molecule is O=C(CNC(=O)Nc1cccnc1)Nc1cc(Cl)ccc1Cl. The summed E-state index contributed by atoms with van der Waals surface area (Å²) in [6, 6.07) is 7.56. The number of aromatic nitrogens is 1. The summed E-state index contributed by atoms with van der Waals surface area (Å²) in [4.78, 5) is 27.2. The van der Waals surface area contributed by atoms with Gasteiger partial charge in [0.25, 0.3) is 0 Å². The minimum atomic E-state index is -0.514. The van der Waals surface area contributed by atoms with Crippen LogP contribution < -0.4 is 16.0 Å². The van der Waals surface area contributed by atoms with Crippen LogP contribution in [0.4, 0.5) is 16.2 Å². The number of pyridine rings is 1. The molecule has 0 aliphatic carbocycles. The number of carbonyl (C=O) groups excluding carboxylic acids is 2. The molecule has 1 aromatic carbocycles. The third kappa shape index (κ3) is 4.91. The molecular weight excluding hydrogens is 327 g/mol. The lowest BCUT2D eigenvalue weighted by atomic mass is 10.3. The summed E-state index contributed by atoms with van der Waals surface area (Å²) in [5.41, 5.74) is 0.909. The first kappa shape index (κ1) is 16.1. The van der Waals surface area contributed by atoms with Crippen LogP contribution in [0.5, 0.6) is 0 Å². The fourth-order valence-electron chi connectivity index (χ4n) is 1.56. The number of halogens is 2. The Hall–Kier alpha value is -2.31. The maximum atomic E-state index is 11.8. The van der Waals surface area contributed by atoms with Crippen molar-refractivity contribution in [3.05, 3.63) is 52.8 Å². The van der Waals surface area contributed by atoms with Crippen LogP contribution in [0, 0.1) is 0 Å². The van der Waals surface area contributed by atoms with Gasteiger partial charge in [0.05, 0.1) is 29.1 Å². The van der Waals surface area contributed by atoms with E-state index in [0.29, 0.717) is 21.4 Å². The number of nitrogens with zero attached hydrogens (tertiary/aromatic N) is 1. The van der Waals surface area contributed by atoms with Crippen molar-refractivity contribution < 1.29 is 9.59 Å². The number of amides is 3. The number of anilines is 2. The number of hydrogen-bond acceptors (Lipinski definition) is 3. The molecule has 6 nitrogen and oxygen atoms in total. The van der Waals surface area contributed by atoms with E-state index in [1.807, 2.05) is 0 Å². The molecule has 114 valence electrons. The van der Waals surface area contributed by atoms with Crippen molar-refractivity contribution in [2.75, 3.05) is 17.2 Å². The average molecular weight is 339 g/mol. The number of hydrogen-bond donors (Lipinski definition) is 3. The van der Waals surface area contributed by atoms with Crippen LogP contribution in [0.25, 0.3) is 0 Å². The normalized spacial score (nSPS) is 9.91. The number of rotatable bonds is 4. The summed E-state index contributed by atoms with van der Waals surface area (Å²) < 4.78 is 0. The topological polar surface area (TPSA) is 83.1 Å². The van der Waals surface area contributed by atoms with Gasteiger partial charge in [-0.3, -0.25) is 9.78 Å². The Morgan fingerprint density at radius 2 is 1.95 bits per heavy atom. The van der Waals surface area contributed by atoms with Crippen molar-refractivity contribution in [2.24, 2.45) is 0 Å². The smallest absolute Gasteiger partial charge is 0.319 e. The van der Waals surface area contributed by atoms with Crippen LogP contribution in [0.2, 0.25) is 10.0 Å². The minimum Gasteiger partial charge on any atom is -0.329 e. The molecule has 0 bridgehead atoms. The molecule has 0 unspecified atom stereocenters. The van der Waals surface area contributed by atoms with Gasteiger partial charge in [-0.05, 0) is 30.3 Å². The number of urea groups is 1. The Morgan fingerprint density at radius 1 is 1.14 bits per heavy atom. The molecule has 8 heteroatoms. The third-order valence-corrected chi connectivity index (χ3v) is 3.10. The molecule has 3 N–H and O–H groups in total. The van der Waals surface area contributed by atoms with Crippen molar-refractivity contribution in [1.29, 1.82) is 0 Å². The van der Waals surface area contributed by atoms with Gasteiger partial charge in [-0.25, -0.2) is 4.79 Å². The summed E-state index contributed by atoms with van der Waals surface area (Å²) in [5.74, 6) is -0.425. The van der Waals surface area contributed by atoms with Crippen LogP contribution >= 0.6 is 23.2 Å². The predicted molar refractivity (Wildman–Crippen MR) is 86.4 cm³/mol. The monoisotopic (exact) mass is 338 g/mol. The van der Waals surface area contributed by atoms with Crippen LogP contribution in [0.3, 0.4) is 0 Å². The van der Waals surface area contributed by atoms with Crippen LogP contribution in [-0.4, -0.2) is 23.5 Å². The summed E-state index contributed by atoms with van der Waals surface area (Å²) in [6.45, 7) is -0.213. The Labute approximate surface area is 136 Å². The van der Waals surface area contributed by atoms with Gasteiger partial charge in [0.15, 0.2) is 0 Å². The number of carbonyl (C=O) groups is 2. The van der Waals surface area contributed by atoms with E-state index in [9.17, 15) is 9.59 Å². The van der Waals surface area contributed by atoms with E-state index in [1.54, 1.807) is 30.5 Å². The molecule has 22 heavy (non-hydrogen) atoms. The average Bonchev–Trinajstić information content (AvgIpc) is 2.50. The highest BCUT2D eigenvalue weighted by Gasteiger charge is 2.08. The zero-order valence-electron chi connectivity index (χ0n) is 11.3. The molecule has 0 saturated heterocycles. The quantitative estimate of drug-likeness (QED) is 0.800. The Balaban J connectivity index is 1.82. The van der Waals surface area contributed by atoms with Gasteiger partial charge in [0.1, 0.15) is 0 Å². The number of benzene rings is 1. The van der Waals surface area contributed by atoms with Crippen LogP contribution in [0.15, 0.2) is 42.7 Å². The standard InChI is InChI=1S/C14H12Cl2N4O2/c15-9-3-4-11(16)12(6-9)20-13(21)8-18-14(22)19-10-2-1-5-17-7-10/h1-7H,8H2,(H,20,21)(H2,18,19,22). The lowest BCUT2D eigenvalue weighted by Crippen LogP contribution is -2.35. The van der Waals surface area contributed by atoms with Gasteiger partial charge in [0, 0.05) is 11.2 Å². The van der Waals surface area contributed by atoms with E-state index in [2.05, 4.69) is 20.9 Å². The maximum absolute atomic E-state index is 11.8. The molecule has 0 aliphatic rings. The summed E-state index contributed by atoms with van der Waals surface area (Å²) in [7, 11) is 0. The van der Waals surface area contributed by atoms with E-state index in [4.69, 9.17) is 23.2 Å². The molecule has 2 aromatic rings. The van der Waals surface area contributed by atoms with Crippen LogP contribution in [-0.2, 0) is 4.79 Å². The molecule has 0 aliphatic heterocycles. The number of nitrogens with one attached hydrogen (secondary N) is 3. The zero-order chi connectivity index (χ0) is 15.9. The fraction of sp³-hybridized carbons (Fsp3) is 0.0714. The Morgan fingerprint density at radius 3 is 2.68 bits per heavy atom. The highest BCUT2D eigenvalue weighted by atomic mass is 35.5. The second-order valence-corrected chi connectivity index (χ2v) is 5.07. The molecule has 0 fully saturated rings. The van der Waals surface area contributed by atoms with E-state index >= 15 is 0 Å². The minimum absolute atomic E-state index is 0.213. The van der Waals surface area contributed by atoms with Crippen molar-refractivity contribution >= 4 is 46.5 Å². The van der Waals surface area contributed by atoms with E-state index in [0.717, 1.165) is 0 Å². The first-order valence-electron chi connectivity index (χ1n) is 6.24. The van der Waals surface area contributed by atoms with Gasteiger partial charge in [-0.2, -0.15) is 0 Å². The summed E-state index contributed by atoms with van der Waals surface area (Å²) >= 11 is 11.8. The first-order chi connectivity index (χ1) is 10.5. The van der Waals surface area contributed by atoms with Gasteiger partial charge in [0.2, 0.25) is 5.91 Å². The van der Waals surface area contributed by atoms with Gasteiger partial charge in [-0.1, -0.05) is 23.2 Å². The van der Waals surface area contributed by atoms with Crippen molar-refractivity contribution in [1.82, 2.24) is 10.3 Å². The Bertz CT molecular complexity index is 680. The predicted octanol–water partition coefficient (Wildman–Crippen LogP) is 3.15. The van der Waals surface area contributed by atoms with Crippen LogP contribution in [0.1, 0.15) is 0 Å². The molecule has 3 amide bonds. The van der Waals surface area contributed by atoms with E-state index in [1.165, 1.54) is 12.3 Å². The largest absolute Gasteiger partial charge is 0.329 e. The first-order valence-corrected chi connectivity index (χ1v) is 7.00. The van der Waals surface area contributed by atoms with E-state index < -0.39 is 11.9 Å². The van der Waals surface area contributed by atoms with E-state index in [-0.39, 0.29) is 6.54 Å². The fourth-order valence-corrected chi connectivity index (χ4v) is 1.90. The lowest BCUT2D eigenvalue weighted by Gasteiger charge is -2.09. The van der Waals surface area contributed by atoms with Crippen molar-refractivity contribution in [3.8, 4) is 0 Å². The lowest BCUT2D eigenvalue weighted by molar-refractivity contribution is -0.115. The highest BCUT2D eigenvalue weighted by Crippen LogP contribution is 2.25. The molecule has 2 rings (SSSR count). The Kier molecular flexibility index (Phi) is 5.57. The molecular formula is C14H12Cl2N4O2. The molecule has 1 heterocycles. The molecule has 0 atom stereocenters. The molecule has 0 spiro atoms. The second-order valence-electron chi connectivity index (χ2n) is 4.22. The van der Waals surface area contributed by atoms with Crippen molar-refractivity contribution in [2.45, 2.75) is 0 Å². The highest BCUT2D eigenvalue weighted by molar-refractivity contribution is 6.35. The molecule has 1 aromatic heterocycles.